The van der Waals surface area contributed by atoms with Gasteiger partial charge < -0.3 is 4.74 Å². The summed E-state index contributed by atoms with van der Waals surface area (Å²) in [5.41, 5.74) is 1.99. The summed E-state index contributed by atoms with van der Waals surface area (Å²) in [5.74, 6) is -0.247. The number of imide groups is 1. The van der Waals surface area contributed by atoms with E-state index < -0.39 is 0 Å². The Labute approximate surface area is 128 Å². The zero-order valence-corrected chi connectivity index (χ0v) is 12.9. The number of allylic oxidation sites excluding steroid dienone is 2. The molecule has 1 aliphatic rings. The number of thioether (sulfide) groups is 1. The summed E-state index contributed by atoms with van der Waals surface area (Å²) in [6, 6.07) is 9.84. The van der Waals surface area contributed by atoms with E-state index in [4.69, 9.17) is 4.74 Å². The van der Waals surface area contributed by atoms with E-state index in [-0.39, 0.29) is 11.1 Å². The lowest BCUT2D eigenvalue weighted by Gasteiger charge is -2.10. The van der Waals surface area contributed by atoms with Crippen LogP contribution in [0.3, 0.4) is 0 Å². The molecule has 21 heavy (non-hydrogen) atoms. The van der Waals surface area contributed by atoms with Crippen molar-refractivity contribution in [2.75, 3.05) is 20.3 Å². The van der Waals surface area contributed by atoms with Crippen molar-refractivity contribution in [1.82, 2.24) is 4.90 Å². The summed E-state index contributed by atoms with van der Waals surface area (Å²) in [7, 11) is 1.54. The Balaban J connectivity index is 2.13. The normalized spacial score (nSPS) is 17.9. The summed E-state index contributed by atoms with van der Waals surface area (Å²) in [6.45, 7) is 2.56. The Bertz CT molecular complexity index is 593. The van der Waals surface area contributed by atoms with Gasteiger partial charge in [0.05, 0.1) is 18.1 Å². The molecular formula is C16H17NO3S. The number of nitrogens with zero attached hydrogens (tertiary/aromatic N) is 1. The van der Waals surface area contributed by atoms with Crippen molar-refractivity contribution >= 4 is 29.0 Å². The number of carbonyl (C=O) groups is 2. The van der Waals surface area contributed by atoms with Gasteiger partial charge in [-0.15, -0.1) is 0 Å². The van der Waals surface area contributed by atoms with Gasteiger partial charge in [-0.2, -0.15) is 0 Å². The molecule has 0 saturated carbocycles. The molecule has 0 radical (unpaired) electrons. The molecule has 1 saturated heterocycles. The van der Waals surface area contributed by atoms with Gasteiger partial charge in [-0.1, -0.05) is 36.4 Å². The molecule has 0 aromatic heterocycles. The molecule has 110 valence electrons. The number of amides is 2. The third-order valence-corrected chi connectivity index (χ3v) is 3.85. The first kappa shape index (κ1) is 15.5. The molecule has 4 nitrogen and oxygen atoms in total. The fourth-order valence-electron chi connectivity index (χ4n) is 1.94. The zero-order chi connectivity index (χ0) is 15.2. The molecule has 0 N–H and O–H groups in total. The second kappa shape index (κ2) is 7.24. The Morgan fingerprint density at radius 1 is 1.29 bits per heavy atom. The van der Waals surface area contributed by atoms with Crippen molar-refractivity contribution in [3.63, 3.8) is 0 Å². The van der Waals surface area contributed by atoms with Crippen LogP contribution in [0.15, 0.2) is 46.9 Å². The first-order chi connectivity index (χ1) is 10.1. The number of carbonyl (C=O) groups excluding carboxylic acids is 2. The topological polar surface area (TPSA) is 46.6 Å². The first-order valence-corrected chi connectivity index (χ1v) is 7.41. The van der Waals surface area contributed by atoms with Gasteiger partial charge in [-0.3, -0.25) is 14.5 Å². The second-order valence-electron chi connectivity index (χ2n) is 4.63. The lowest BCUT2D eigenvalue weighted by Crippen LogP contribution is -2.31. The van der Waals surface area contributed by atoms with Crippen molar-refractivity contribution in [2.45, 2.75) is 6.92 Å². The van der Waals surface area contributed by atoms with Crippen LogP contribution in [0.4, 0.5) is 4.79 Å². The molecule has 1 aliphatic heterocycles. The van der Waals surface area contributed by atoms with Crippen molar-refractivity contribution in [3.05, 3.63) is 52.4 Å². The molecule has 1 fully saturated rings. The Kier molecular flexibility index (Phi) is 5.36. The van der Waals surface area contributed by atoms with Crippen molar-refractivity contribution < 1.29 is 14.3 Å². The maximum absolute atomic E-state index is 12.1. The average Bonchev–Trinajstić information content (AvgIpc) is 2.72. The smallest absolute Gasteiger partial charge is 0.293 e. The van der Waals surface area contributed by atoms with Gasteiger partial charge in [0.25, 0.3) is 11.1 Å². The SMILES string of the molecule is COCCN1C(=O)S/C(=C/C(C)=C/c2ccccc2)C1=O. The van der Waals surface area contributed by atoms with E-state index in [0.717, 1.165) is 22.9 Å². The van der Waals surface area contributed by atoms with Crippen LogP contribution < -0.4 is 0 Å². The van der Waals surface area contributed by atoms with E-state index in [1.165, 1.54) is 4.90 Å². The molecule has 1 aromatic rings. The highest BCUT2D eigenvalue weighted by Gasteiger charge is 2.34. The van der Waals surface area contributed by atoms with E-state index in [0.29, 0.717) is 18.1 Å². The van der Waals surface area contributed by atoms with Crippen LogP contribution in [0.1, 0.15) is 12.5 Å². The highest BCUT2D eigenvalue weighted by atomic mass is 32.2. The highest BCUT2D eigenvalue weighted by Crippen LogP contribution is 2.31. The van der Waals surface area contributed by atoms with Crippen LogP contribution in [-0.2, 0) is 9.53 Å². The van der Waals surface area contributed by atoms with E-state index in [1.807, 2.05) is 43.3 Å². The van der Waals surface area contributed by atoms with Crippen molar-refractivity contribution in [2.24, 2.45) is 0 Å². The van der Waals surface area contributed by atoms with Gasteiger partial charge in [-0.05, 0) is 35.9 Å². The number of benzene rings is 1. The Hall–Kier alpha value is -1.85. The Morgan fingerprint density at radius 3 is 2.67 bits per heavy atom. The molecule has 0 unspecified atom stereocenters. The number of hydrogen-bond acceptors (Lipinski definition) is 4. The number of methoxy groups -OCH3 is 1. The zero-order valence-electron chi connectivity index (χ0n) is 12.0. The minimum atomic E-state index is -0.247. The molecule has 1 aromatic carbocycles. The van der Waals surface area contributed by atoms with Crippen LogP contribution in [0, 0.1) is 0 Å². The maximum atomic E-state index is 12.1. The molecule has 5 heteroatoms. The lowest BCUT2D eigenvalue weighted by atomic mass is 10.1. The standard InChI is InChI=1S/C16H17NO3S/c1-12(10-13-6-4-3-5-7-13)11-14-15(18)17(8-9-20-2)16(19)21-14/h3-7,10-11H,8-9H2,1-2H3/b12-10+,14-11+. The predicted octanol–water partition coefficient (Wildman–Crippen LogP) is 3.32. The fourth-order valence-corrected chi connectivity index (χ4v) is 2.85. The molecule has 0 aliphatic carbocycles. The third kappa shape index (κ3) is 4.06. The van der Waals surface area contributed by atoms with Gasteiger partial charge in [-0.25, -0.2) is 0 Å². The van der Waals surface area contributed by atoms with Crippen molar-refractivity contribution in [3.8, 4) is 0 Å². The number of rotatable bonds is 5. The highest BCUT2D eigenvalue weighted by molar-refractivity contribution is 8.18. The Morgan fingerprint density at radius 2 is 2.00 bits per heavy atom. The van der Waals surface area contributed by atoms with E-state index in [2.05, 4.69) is 0 Å². The molecule has 0 atom stereocenters. The average molecular weight is 303 g/mol. The molecule has 2 amide bonds. The van der Waals surface area contributed by atoms with Crippen LogP contribution in [0.2, 0.25) is 0 Å². The fraction of sp³-hybridized carbons (Fsp3) is 0.250. The van der Waals surface area contributed by atoms with E-state index in [1.54, 1.807) is 13.2 Å². The third-order valence-electron chi connectivity index (χ3n) is 2.95. The van der Waals surface area contributed by atoms with E-state index >= 15 is 0 Å². The molecule has 2 rings (SSSR count). The summed E-state index contributed by atoms with van der Waals surface area (Å²) in [6.07, 6.45) is 3.73. The van der Waals surface area contributed by atoms with Gasteiger partial charge in [0.2, 0.25) is 0 Å². The van der Waals surface area contributed by atoms with Gasteiger partial charge in [0.15, 0.2) is 0 Å². The predicted molar refractivity (Wildman–Crippen MR) is 84.8 cm³/mol. The van der Waals surface area contributed by atoms with Crippen molar-refractivity contribution in [1.29, 1.82) is 0 Å². The molecule has 1 heterocycles. The molecule has 0 spiro atoms. The van der Waals surface area contributed by atoms with Gasteiger partial charge >= 0.3 is 0 Å². The number of hydrogen-bond donors (Lipinski definition) is 0. The summed E-state index contributed by atoms with van der Waals surface area (Å²) in [5, 5.41) is -0.240. The summed E-state index contributed by atoms with van der Waals surface area (Å²) >= 11 is 0.973. The quantitative estimate of drug-likeness (QED) is 0.783. The van der Waals surface area contributed by atoms with Crippen LogP contribution in [0.25, 0.3) is 6.08 Å². The molecule has 0 bridgehead atoms. The maximum Gasteiger partial charge on any atom is 0.293 e. The van der Waals surface area contributed by atoms with E-state index in [9.17, 15) is 9.59 Å². The molecular weight excluding hydrogens is 286 g/mol. The second-order valence-corrected chi connectivity index (χ2v) is 5.62. The summed E-state index contributed by atoms with van der Waals surface area (Å²) < 4.78 is 4.91. The minimum absolute atomic E-state index is 0.240. The number of ether oxygens (including phenoxy) is 1. The van der Waals surface area contributed by atoms with Gasteiger partial charge in [0.1, 0.15) is 0 Å². The monoisotopic (exact) mass is 303 g/mol. The van der Waals surface area contributed by atoms with Crippen LogP contribution >= 0.6 is 11.8 Å². The lowest BCUT2D eigenvalue weighted by molar-refractivity contribution is -0.123. The van der Waals surface area contributed by atoms with Gasteiger partial charge in [0, 0.05) is 7.11 Å². The minimum Gasteiger partial charge on any atom is -0.383 e. The summed E-state index contributed by atoms with van der Waals surface area (Å²) in [4.78, 5) is 25.6. The van der Waals surface area contributed by atoms with Crippen LogP contribution in [-0.4, -0.2) is 36.3 Å². The first-order valence-electron chi connectivity index (χ1n) is 6.59. The van der Waals surface area contributed by atoms with Crippen LogP contribution in [0.5, 0.6) is 0 Å². The largest absolute Gasteiger partial charge is 0.383 e.